The maximum atomic E-state index is 12.5. The van der Waals surface area contributed by atoms with Crippen LogP contribution in [-0.4, -0.2) is 17.0 Å². The van der Waals surface area contributed by atoms with Crippen LogP contribution in [0.25, 0.3) is 0 Å². The number of rotatable bonds is 9. The maximum absolute atomic E-state index is 12.5. The standard InChI is InChI=1S/C29H50O2/c1-4-5-6-7-8-9-23(30)13-10-21-12-15-26-25-14-11-22-20-24(31)16-18-29(22,3)27(25)17-19-28(21,26)2/h21-22,24-27,31H,4-20H2,1-3H3. The normalized spacial score (nSPS) is 44.4. The molecule has 1 N–H and O–H groups in total. The summed E-state index contributed by atoms with van der Waals surface area (Å²) in [7, 11) is 0. The molecule has 0 radical (unpaired) electrons. The molecule has 4 saturated carbocycles. The largest absolute Gasteiger partial charge is 0.393 e. The molecule has 0 aromatic rings. The van der Waals surface area contributed by atoms with Crippen LogP contribution in [0.5, 0.6) is 0 Å². The van der Waals surface area contributed by atoms with Crippen LogP contribution in [0.2, 0.25) is 0 Å². The summed E-state index contributed by atoms with van der Waals surface area (Å²) in [5.74, 6) is 4.76. The van der Waals surface area contributed by atoms with Gasteiger partial charge >= 0.3 is 0 Å². The molecule has 4 aliphatic carbocycles. The number of hydrogen-bond acceptors (Lipinski definition) is 2. The highest BCUT2D eigenvalue weighted by Gasteiger charge is 2.59. The third-order valence-corrected chi connectivity index (χ3v) is 11.2. The minimum Gasteiger partial charge on any atom is -0.393 e. The Morgan fingerprint density at radius 2 is 1.58 bits per heavy atom. The third-order valence-electron chi connectivity index (χ3n) is 11.2. The molecular formula is C29H50O2. The second-order valence-electron chi connectivity index (χ2n) is 12.6. The van der Waals surface area contributed by atoms with Gasteiger partial charge in [0.2, 0.25) is 0 Å². The molecule has 8 unspecified atom stereocenters. The lowest BCUT2D eigenvalue weighted by Crippen LogP contribution is -2.53. The van der Waals surface area contributed by atoms with E-state index in [9.17, 15) is 9.90 Å². The van der Waals surface area contributed by atoms with Gasteiger partial charge in [-0.2, -0.15) is 0 Å². The van der Waals surface area contributed by atoms with Gasteiger partial charge in [0.05, 0.1) is 6.10 Å². The first-order chi connectivity index (χ1) is 14.9. The van der Waals surface area contributed by atoms with Gasteiger partial charge in [0, 0.05) is 12.8 Å². The van der Waals surface area contributed by atoms with Crippen LogP contribution in [0.3, 0.4) is 0 Å². The molecular weight excluding hydrogens is 380 g/mol. The van der Waals surface area contributed by atoms with Gasteiger partial charge in [-0.05, 0) is 111 Å². The summed E-state index contributed by atoms with van der Waals surface area (Å²) in [6.07, 6.45) is 20.7. The lowest BCUT2D eigenvalue weighted by molar-refractivity contribution is -0.128. The van der Waals surface area contributed by atoms with Crippen molar-refractivity contribution in [1.82, 2.24) is 0 Å². The molecule has 4 aliphatic rings. The van der Waals surface area contributed by atoms with E-state index in [1.54, 1.807) is 0 Å². The van der Waals surface area contributed by atoms with Crippen LogP contribution in [0.4, 0.5) is 0 Å². The Labute approximate surface area is 192 Å². The van der Waals surface area contributed by atoms with Crippen LogP contribution < -0.4 is 0 Å². The fourth-order valence-electron chi connectivity index (χ4n) is 9.20. The first-order valence-corrected chi connectivity index (χ1v) is 14.1. The fraction of sp³-hybridized carbons (Fsp3) is 0.966. The van der Waals surface area contributed by atoms with E-state index in [0.717, 1.165) is 68.1 Å². The van der Waals surface area contributed by atoms with Crippen molar-refractivity contribution in [3.8, 4) is 0 Å². The molecule has 0 aromatic carbocycles. The molecule has 2 nitrogen and oxygen atoms in total. The van der Waals surface area contributed by atoms with Gasteiger partial charge in [0.25, 0.3) is 0 Å². The number of aliphatic hydroxyl groups excluding tert-OH is 1. The molecule has 4 rings (SSSR count). The maximum Gasteiger partial charge on any atom is 0.132 e. The molecule has 31 heavy (non-hydrogen) atoms. The van der Waals surface area contributed by atoms with E-state index in [4.69, 9.17) is 0 Å². The van der Waals surface area contributed by atoms with Gasteiger partial charge in [0.15, 0.2) is 0 Å². The van der Waals surface area contributed by atoms with Crippen molar-refractivity contribution in [1.29, 1.82) is 0 Å². The summed E-state index contributed by atoms with van der Waals surface area (Å²) in [6.45, 7) is 7.45. The fourth-order valence-corrected chi connectivity index (χ4v) is 9.20. The van der Waals surface area contributed by atoms with Crippen molar-refractivity contribution >= 4 is 5.78 Å². The average molecular weight is 431 g/mol. The predicted molar refractivity (Wildman–Crippen MR) is 129 cm³/mol. The van der Waals surface area contributed by atoms with E-state index in [2.05, 4.69) is 20.8 Å². The van der Waals surface area contributed by atoms with Crippen LogP contribution in [0.1, 0.15) is 130 Å². The monoisotopic (exact) mass is 430 g/mol. The SMILES string of the molecule is CCCCCCCC(=O)CCC1CCC2C3CCC4CC(O)CCC4(C)C3CCC12C. The Morgan fingerprint density at radius 3 is 2.39 bits per heavy atom. The number of ketones is 1. The van der Waals surface area contributed by atoms with E-state index in [0.29, 0.717) is 16.6 Å². The number of aliphatic hydroxyl groups is 1. The van der Waals surface area contributed by atoms with Crippen LogP contribution in [0, 0.1) is 40.4 Å². The predicted octanol–water partition coefficient (Wildman–Crippen LogP) is 7.72. The molecule has 0 aromatic heterocycles. The van der Waals surface area contributed by atoms with Gasteiger partial charge in [-0.25, -0.2) is 0 Å². The van der Waals surface area contributed by atoms with Crippen molar-refractivity contribution in [3.63, 3.8) is 0 Å². The molecule has 4 fully saturated rings. The van der Waals surface area contributed by atoms with Gasteiger partial charge in [0.1, 0.15) is 5.78 Å². The highest BCUT2D eigenvalue weighted by molar-refractivity contribution is 5.78. The summed E-state index contributed by atoms with van der Waals surface area (Å²) in [4.78, 5) is 12.5. The molecule has 0 saturated heterocycles. The summed E-state index contributed by atoms with van der Waals surface area (Å²) in [6, 6.07) is 0. The van der Waals surface area contributed by atoms with Crippen molar-refractivity contribution in [2.75, 3.05) is 0 Å². The Balaban J connectivity index is 1.32. The molecule has 0 amide bonds. The Morgan fingerprint density at radius 1 is 0.839 bits per heavy atom. The number of Topliss-reactive ketones (excluding diaryl/α,β-unsaturated/α-hetero) is 1. The van der Waals surface area contributed by atoms with Gasteiger partial charge < -0.3 is 5.11 Å². The zero-order valence-corrected chi connectivity index (χ0v) is 20.8. The second-order valence-corrected chi connectivity index (χ2v) is 12.6. The van der Waals surface area contributed by atoms with Crippen molar-refractivity contribution in [2.45, 2.75) is 136 Å². The van der Waals surface area contributed by atoms with E-state index in [1.807, 2.05) is 0 Å². The highest BCUT2D eigenvalue weighted by atomic mass is 16.3. The zero-order chi connectivity index (χ0) is 22.1. The first kappa shape index (κ1) is 23.8. The number of carbonyl (C=O) groups is 1. The van der Waals surface area contributed by atoms with Crippen LogP contribution in [0.15, 0.2) is 0 Å². The minimum atomic E-state index is -0.0384. The molecule has 0 aliphatic heterocycles. The van der Waals surface area contributed by atoms with Gasteiger partial charge in [-0.15, -0.1) is 0 Å². The molecule has 8 atom stereocenters. The van der Waals surface area contributed by atoms with Crippen molar-refractivity contribution < 1.29 is 9.90 Å². The summed E-state index contributed by atoms with van der Waals surface area (Å²) >= 11 is 0. The second kappa shape index (κ2) is 9.86. The van der Waals surface area contributed by atoms with Gasteiger partial charge in [-0.1, -0.05) is 46.5 Å². The van der Waals surface area contributed by atoms with Crippen molar-refractivity contribution in [2.24, 2.45) is 40.4 Å². The molecule has 0 heterocycles. The molecule has 0 spiro atoms. The molecule has 178 valence electrons. The van der Waals surface area contributed by atoms with Crippen LogP contribution in [-0.2, 0) is 4.79 Å². The Kier molecular flexibility index (Phi) is 7.56. The van der Waals surface area contributed by atoms with E-state index in [-0.39, 0.29) is 6.10 Å². The van der Waals surface area contributed by atoms with E-state index in [1.165, 1.54) is 70.6 Å². The number of carbonyl (C=O) groups excluding carboxylic acids is 1. The third kappa shape index (κ3) is 4.67. The lowest BCUT2D eigenvalue weighted by atomic mass is 9.44. The number of hydrogen-bond donors (Lipinski definition) is 1. The topological polar surface area (TPSA) is 37.3 Å². The summed E-state index contributed by atoms with van der Waals surface area (Å²) in [5, 5.41) is 10.3. The van der Waals surface area contributed by atoms with Crippen LogP contribution >= 0.6 is 0 Å². The van der Waals surface area contributed by atoms with Crippen molar-refractivity contribution in [3.05, 3.63) is 0 Å². The molecule has 2 heteroatoms. The highest BCUT2D eigenvalue weighted by Crippen LogP contribution is 2.67. The van der Waals surface area contributed by atoms with E-state index >= 15 is 0 Å². The smallest absolute Gasteiger partial charge is 0.132 e. The summed E-state index contributed by atoms with van der Waals surface area (Å²) in [5.41, 5.74) is 0.968. The average Bonchev–Trinajstić information content (AvgIpc) is 3.09. The Hall–Kier alpha value is -0.370. The molecule has 0 bridgehead atoms. The first-order valence-electron chi connectivity index (χ1n) is 14.1. The number of fused-ring (bicyclic) bond motifs is 5. The zero-order valence-electron chi connectivity index (χ0n) is 20.8. The van der Waals surface area contributed by atoms with E-state index < -0.39 is 0 Å². The quantitative estimate of drug-likeness (QED) is 0.380. The van der Waals surface area contributed by atoms with Gasteiger partial charge in [-0.3, -0.25) is 4.79 Å². The Bertz CT molecular complexity index is 614. The number of unbranched alkanes of at least 4 members (excludes halogenated alkanes) is 4. The summed E-state index contributed by atoms with van der Waals surface area (Å²) < 4.78 is 0. The lowest BCUT2D eigenvalue weighted by Gasteiger charge is -2.61. The minimum absolute atomic E-state index is 0.0384.